The van der Waals surface area contributed by atoms with Crippen molar-refractivity contribution in [2.45, 2.75) is 19.3 Å². The van der Waals surface area contributed by atoms with Crippen LogP contribution in [0.2, 0.25) is 0 Å². The van der Waals surface area contributed by atoms with E-state index in [-0.39, 0.29) is 5.41 Å². The van der Waals surface area contributed by atoms with Crippen molar-refractivity contribution in [3.05, 3.63) is 205 Å². The molecule has 0 atom stereocenters. The van der Waals surface area contributed by atoms with Gasteiger partial charge in [-0.3, -0.25) is 0 Å². The van der Waals surface area contributed by atoms with E-state index >= 15 is 0 Å². The Kier molecular flexibility index (Phi) is 7.84. The molecule has 0 amide bonds. The molecule has 0 radical (unpaired) electrons. The number of benzene rings is 9. The summed E-state index contributed by atoms with van der Waals surface area (Å²) in [5.74, 6) is 1.95. The third-order valence-corrected chi connectivity index (χ3v) is 15.1. The molecule has 66 heavy (non-hydrogen) atoms. The number of hydrogen-bond acceptors (Lipinski definition) is 5. The molecule has 4 aromatic heterocycles. The minimum Gasteiger partial charge on any atom is -0.456 e. The number of thiophene rings is 1. The summed E-state index contributed by atoms with van der Waals surface area (Å²) in [4.78, 5) is 15.4. The largest absolute Gasteiger partial charge is 0.456 e. The molecule has 0 saturated carbocycles. The van der Waals surface area contributed by atoms with Crippen molar-refractivity contribution in [2.75, 3.05) is 0 Å². The number of nitrogens with zero attached hydrogens (tertiary/aromatic N) is 4. The predicted octanol–water partition coefficient (Wildman–Crippen LogP) is 16.2. The quantitative estimate of drug-likeness (QED) is 0.173. The topological polar surface area (TPSA) is 56.7 Å². The maximum atomic E-state index is 6.35. The highest BCUT2D eigenvalue weighted by Crippen LogP contribution is 2.52. The number of furan rings is 1. The van der Waals surface area contributed by atoms with Gasteiger partial charge in [0.2, 0.25) is 0 Å². The predicted molar refractivity (Wildman–Crippen MR) is 274 cm³/mol. The molecule has 1 aliphatic rings. The first-order chi connectivity index (χ1) is 32.4. The fourth-order valence-electron chi connectivity index (χ4n) is 10.6. The van der Waals surface area contributed by atoms with Crippen molar-refractivity contribution in [2.24, 2.45) is 0 Å². The zero-order valence-electron chi connectivity index (χ0n) is 36.1. The monoisotopic (exact) mass is 862 g/mol. The highest BCUT2D eigenvalue weighted by atomic mass is 32.1. The summed E-state index contributed by atoms with van der Waals surface area (Å²) in [6, 6.07) is 69.5. The van der Waals surface area contributed by atoms with E-state index in [1.54, 1.807) is 11.3 Å². The first-order valence-electron chi connectivity index (χ1n) is 22.4. The Bertz CT molecular complexity index is 4140. The fraction of sp³-hybridized carbons (Fsp3) is 0.0500. The lowest BCUT2D eigenvalue weighted by Crippen LogP contribution is -2.15. The number of para-hydroxylation sites is 2. The molecule has 4 heterocycles. The zero-order valence-corrected chi connectivity index (χ0v) is 36.9. The molecular formula is C60H38N4OS. The van der Waals surface area contributed by atoms with Crippen molar-refractivity contribution in [1.29, 1.82) is 0 Å². The average molecular weight is 863 g/mol. The van der Waals surface area contributed by atoms with Crippen LogP contribution in [0.15, 0.2) is 199 Å². The minimum absolute atomic E-state index is 0.181. The van der Waals surface area contributed by atoms with Crippen molar-refractivity contribution in [1.82, 2.24) is 19.5 Å². The lowest BCUT2D eigenvalue weighted by atomic mass is 9.81. The van der Waals surface area contributed by atoms with E-state index in [4.69, 9.17) is 19.4 Å². The van der Waals surface area contributed by atoms with E-state index < -0.39 is 0 Å². The summed E-state index contributed by atoms with van der Waals surface area (Å²) in [6.45, 7) is 4.68. The molecule has 0 saturated heterocycles. The Balaban J connectivity index is 0.853. The van der Waals surface area contributed by atoms with Crippen molar-refractivity contribution in [3.8, 4) is 62.1 Å². The first-order valence-corrected chi connectivity index (χ1v) is 23.2. The molecule has 14 rings (SSSR count). The zero-order chi connectivity index (χ0) is 43.7. The molecule has 9 aromatic carbocycles. The Hall–Kier alpha value is -8.19. The Morgan fingerprint density at radius 3 is 1.89 bits per heavy atom. The molecule has 6 heteroatoms. The Morgan fingerprint density at radius 1 is 0.409 bits per heavy atom. The summed E-state index contributed by atoms with van der Waals surface area (Å²) in [5.41, 5.74) is 15.6. The normalized spacial score (nSPS) is 13.1. The van der Waals surface area contributed by atoms with Crippen molar-refractivity contribution in [3.63, 3.8) is 0 Å². The van der Waals surface area contributed by atoms with Crippen LogP contribution in [0.3, 0.4) is 0 Å². The van der Waals surface area contributed by atoms with Gasteiger partial charge in [-0.15, -0.1) is 11.3 Å². The highest BCUT2D eigenvalue weighted by Gasteiger charge is 2.36. The summed E-state index contributed by atoms with van der Waals surface area (Å²) in [7, 11) is 0. The molecule has 0 bridgehead atoms. The van der Waals surface area contributed by atoms with Crippen LogP contribution >= 0.6 is 11.3 Å². The summed E-state index contributed by atoms with van der Waals surface area (Å²) in [6.07, 6.45) is 0. The standard InChI is InChI=1S/C60H38N4OS/c1-60(2)49-32-38(25-29-40(49)46-33-48-42-16-7-10-21-53(42)65-54(48)34-50(46)60)37-26-30-52-47(31-37)41-15-6-9-20-51(41)64(52)39-27-23-36(24-28-39)58-61-57(35-13-4-3-5-14-35)62-59(63-58)45-19-12-18-44-43-17-8-11-22-55(43)66-56(44)45/h3-34H,1-2H3. The molecule has 5 nitrogen and oxygen atoms in total. The molecule has 0 unspecified atom stereocenters. The Labute approximate surface area is 383 Å². The number of fused-ring (bicyclic) bond motifs is 12. The van der Waals surface area contributed by atoms with Gasteiger partial charge >= 0.3 is 0 Å². The van der Waals surface area contributed by atoms with Crippen LogP contribution in [-0.2, 0) is 5.41 Å². The molecule has 0 aliphatic heterocycles. The van der Waals surface area contributed by atoms with Crippen molar-refractivity contribution < 1.29 is 4.42 Å². The smallest absolute Gasteiger partial charge is 0.165 e. The minimum atomic E-state index is -0.181. The average Bonchev–Trinajstić information content (AvgIpc) is 4.09. The van der Waals surface area contributed by atoms with Crippen LogP contribution in [0.5, 0.6) is 0 Å². The third kappa shape index (κ3) is 5.49. The van der Waals surface area contributed by atoms with Crippen LogP contribution in [0.1, 0.15) is 25.0 Å². The second-order valence-electron chi connectivity index (χ2n) is 18.0. The van der Waals surface area contributed by atoms with Gasteiger partial charge in [0, 0.05) is 69.5 Å². The van der Waals surface area contributed by atoms with E-state index in [9.17, 15) is 0 Å². The van der Waals surface area contributed by atoms with E-state index in [0.29, 0.717) is 17.5 Å². The number of rotatable bonds is 5. The van der Waals surface area contributed by atoms with Gasteiger partial charge in [0.25, 0.3) is 0 Å². The molecule has 0 N–H and O–H groups in total. The lowest BCUT2D eigenvalue weighted by Gasteiger charge is -2.22. The maximum absolute atomic E-state index is 6.35. The van der Waals surface area contributed by atoms with Gasteiger partial charge in [-0.25, -0.2) is 15.0 Å². The number of aromatic nitrogens is 4. The summed E-state index contributed by atoms with van der Waals surface area (Å²) in [5, 5.41) is 7.22. The van der Waals surface area contributed by atoms with Gasteiger partial charge < -0.3 is 8.98 Å². The first kappa shape index (κ1) is 37.2. The van der Waals surface area contributed by atoms with Crippen LogP contribution in [0, 0.1) is 0 Å². The van der Waals surface area contributed by atoms with E-state index in [1.807, 2.05) is 24.3 Å². The molecule has 0 spiro atoms. The molecule has 310 valence electrons. The molecule has 1 aliphatic carbocycles. The van der Waals surface area contributed by atoms with Gasteiger partial charge in [-0.1, -0.05) is 129 Å². The van der Waals surface area contributed by atoms with E-state index in [1.165, 1.54) is 69.7 Å². The Morgan fingerprint density at radius 2 is 1.05 bits per heavy atom. The van der Waals surface area contributed by atoms with Gasteiger partial charge in [-0.2, -0.15) is 0 Å². The highest BCUT2D eigenvalue weighted by molar-refractivity contribution is 7.26. The van der Waals surface area contributed by atoms with Gasteiger partial charge in [-0.05, 0) is 112 Å². The molecular weight excluding hydrogens is 825 g/mol. The second kappa shape index (κ2) is 13.9. The van der Waals surface area contributed by atoms with Crippen LogP contribution in [0.4, 0.5) is 0 Å². The lowest BCUT2D eigenvalue weighted by molar-refractivity contribution is 0.647. The SMILES string of the molecule is CC1(C)c2cc(-c3ccc4c(c3)c3ccccc3n4-c3ccc(-c4nc(-c5ccccc5)nc(-c5cccc6c5sc5ccccc56)n4)cc3)ccc2-c2cc3c(cc21)oc1ccccc13. The van der Waals surface area contributed by atoms with E-state index in [2.05, 4.69) is 188 Å². The van der Waals surface area contributed by atoms with Gasteiger partial charge in [0.1, 0.15) is 11.2 Å². The van der Waals surface area contributed by atoms with Crippen LogP contribution < -0.4 is 0 Å². The van der Waals surface area contributed by atoms with Gasteiger partial charge in [0.05, 0.1) is 11.0 Å². The molecule has 13 aromatic rings. The van der Waals surface area contributed by atoms with Crippen LogP contribution in [0.25, 0.3) is 126 Å². The van der Waals surface area contributed by atoms with Crippen molar-refractivity contribution >= 4 is 75.3 Å². The number of hydrogen-bond donors (Lipinski definition) is 0. The van der Waals surface area contributed by atoms with Crippen LogP contribution in [-0.4, -0.2) is 19.5 Å². The van der Waals surface area contributed by atoms with Gasteiger partial charge in [0.15, 0.2) is 17.5 Å². The summed E-state index contributed by atoms with van der Waals surface area (Å²) < 4.78 is 11.1. The third-order valence-electron chi connectivity index (χ3n) is 13.9. The summed E-state index contributed by atoms with van der Waals surface area (Å²) >= 11 is 1.78. The second-order valence-corrected chi connectivity index (χ2v) is 19.0. The molecule has 0 fully saturated rings. The maximum Gasteiger partial charge on any atom is 0.165 e. The fourth-order valence-corrected chi connectivity index (χ4v) is 11.8. The van der Waals surface area contributed by atoms with E-state index in [0.717, 1.165) is 50.0 Å².